The molecule has 0 saturated heterocycles. The number of carbonyl (C=O) groups excluding carboxylic acids is 2. The summed E-state index contributed by atoms with van der Waals surface area (Å²) < 4.78 is 5.58. The fourth-order valence-electron chi connectivity index (χ4n) is 1.47. The molecule has 2 rings (SSSR count). The first kappa shape index (κ1) is 14.7. The maximum atomic E-state index is 11.9. The number of pyridine rings is 1. The summed E-state index contributed by atoms with van der Waals surface area (Å²) >= 11 is 4.92. The number of ether oxygens (including phenoxy) is 1. The van der Waals surface area contributed by atoms with Crippen molar-refractivity contribution in [2.24, 2.45) is 0 Å². The molecule has 104 valence electrons. The van der Waals surface area contributed by atoms with Gasteiger partial charge in [0.05, 0.1) is 23.0 Å². The summed E-state index contributed by atoms with van der Waals surface area (Å²) in [6, 6.07) is 6.86. The summed E-state index contributed by atoms with van der Waals surface area (Å²) in [5.74, 6) is -0.765. The average Bonchev–Trinajstić information content (AvgIpc) is 2.89. The molecule has 0 unspecified atom stereocenters. The Balaban J connectivity index is 1.97. The number of hydrogen-bond donors (Lipinski definition) is 1. The molecule has 0 fully saturated rings. The highest BCUT2D eigenvalue weighted by atomic mass is 79.9. The van der Waals surface area contributed by atoms with Crippen LogP contribution in [0.5, 0.6) is 0 Å². The molecule has 2 aromatic rings. The molecule has 2 aromatic heterocycles. The van der Waals surface area contributed by atoms with Crippen LogP contribution < -0.4 is 5.32 Å². The van der Waals surface area contributed by atoms with E-state index in [0.717, 1.165) is 8.66 Å². The molecule has 7 heteroatoms. The van der Waals surface area contributed by atoms with Gasteiger partial charge in [0.25, 0.3) is 5.91 Å². The zero-order valence-electron chi connectivity index (χ0n) is 10.6. The van der Waals surface area contributed by atoms with Gasteiger partial charge < -0.3 is 10.1 Å². The number of halogens is 1. The van der Waals surface area contributed by atoms with Crippen molar-refractivity contribution in [3.63, 3.8) is 0 Å². The Bertz CT molecular complexity index is 625. The van der Waals surface area contributed by atoms with Gasteiger partial charge in [0.15, 0.2) is 0 Å². The fourth-order valence-corrected chi connectivity index (χ4v) is 2.89. The van der Waals surface area contributed by atoms with Gasteiger partial charge in [-0.25, -0.2) is 4.79 Å². The molecule has 2 heterocycles. The lowest BCUT2D eigenvalue weighted by atomic mass is 10.2. The Kier molecular flexibility index (Phi) is 4.86. The first-order chi connectivity index (χ1) is 9.60. The molecule has 0 aromatic carbocycles. The van der Waals surface area contributed by atoms with E-state index in [1.807, 2.05) is 12.1 Å². The molecule has 1 amide bonds. The summed E-state index contributed by atoms with van der Waals surface area (Å²) in [5.41, 5.74) is 0.569. The molecule has 20 heavy (non-hydrogen) atoms. The van der Waals surface area contributed by atoms with Crippen LogP contribution in [0.1, 0.15) is 25.7 Å². The molecule has 0 saturated carbocycles. The third kappa shape index (κ3) is 3.64. The number of thiophene rings is 1. The summed E-state index contributed by atoms with van der Waals surface area (Å²) in [7, 11) is 1.29. The van der Waals surface area contributed by atoms with Crippen LogP contribution in [-0.4, -0.2) is 24.0 Å². The monoisotopic (exact) mass is 354 g/mol. The Morgan fingerprint density at radius 1 is 1.35 bits per heavy atom. The van der Waals surface area contributed by atoms with E-state index in [1.54, 1.807) is 11.3 Å². The maximum absolute atomic E-state index is 11.9. The highest BCUT2D eigenvalue weighted by Gasteiger charge is 2.10. The zero-order valence-corrected chi connectivity index (χ0v) is 13.0. The summed E-state index contributed by atoms with van der Waals surface area (Å²) in [6.07, 6.45) is 1.32. The number of aromatic nitrogens is 1. The third-order valence-corrected chi connectivity index (χ3v) is 4.09. The van der Waals surface area contributed by atoms with E-state index in [1.165, 1.54) is 25.4 Å². The molecule has 0 aliphatic heterocycles. The molecule has 0 bridgehead atoms. The van der Waals surface area contributed by atoms with Crippen LogP contribution in [0.2, 0.25) is 0 Å². The molecule has 0 aliphatic carbocycles. The van der Waals surface area contributed by atoms with Gasteiger partial charge in [0, 0.05) is 11.1 Å². The maximum Gasteiger partial charge on any atom is 0.339 e. The highest BCUT2D eigenvalue weighted by molar-refractivity contribution is 9.11. The van der Waals surface area contributed by atoms with Crippen molar-refractivity contribution < 1.29 is 14.3 Å². The molecule has 0 radical (unpaired) electrons. The molecule has 0 aliphatic rings. The lowest BCUT2D eigenvalue weighted by Crippen LogP contribution is -2.23. The Labute approximate surface area is 128 Å². The number of amides is 1. The van der Waals surface area contributed by atoms with Crippen molar-refractivity contribution in [2.45, 2.75) is 6.54 Å². The topological polar surface area (TPSA) is 68.3 Å². The number of carbonyl (C=O) groups is 2. The first-order valence-corrected chi connectivity index (χ1v) is 7.28. The highest BCUT2D eigenvalue weighted by Crippen LogP contribution is 2.21. The van der Waals surface area contributed by atoms with Crippen molar-refractivity contribution >= 4 is 39.1 Å². The summed E-state index contributed by atoms with van der Waals surface area (Å²) in [5, 5.41) is 2.76. The minimum absolute atomic E-state index is 0.258. The Morgan fingerprint density at radius 2 is 2.15 bits per heavy atom. The van der Waals surface area contributed by atoms with Crippen LogP contribution in [0.15, 0.2) is 34.2 Å². The first-order valence-electron chi connectivity index (χ1n) is 5.67. The van der Waals surface area contributed by atoms with Gasteiger partial charge in [-0.3, -0.25) is 9.78 Å². The summed E-state index contributed by atoms with van der Waals surface area (Å²) in [4.78, 5) is 28.1. The van der Waals surface area contributed by atoms with E-state index in [2.05, 4.69) is 31.0 Å². The van der Waals surface area contributed by atoms with Crippen LogP contribution in [0.3, 0.4) is 0 Å². The van der Waals surface area contributed by atoms with E-state index in [0.29, 0.717) is 12.1 Å². The van der Waals surface area contributed by atoms with Crippen molar-refractivity contribution in [3.05, 3.63) is 50.4 Å². The standard InChI is InChI=1S/C13H11BrN2O3S/c1-19-13(18)8-2-4-10(15-6-8)12(17)16-7-9-3-5-11(14)20-9/h2-6H,7H2,1H3,(H,16,17). The van der Waals surface area contributed by atoms with Crippen molar-refractivity contribution in [1.82, 2.24) is 10.3 Å². The second-order valence-corrected chi connectivity index (χ2v) is 6.36. The van der Waals surface area contributed by atoms with Crippen LogP contribution >= 0.6 is 27.3 Å². The zero-order chi connectivity index (χ0) is 14.5. The van der Waals surface area contributed by atoms with E-state index in [9.17, 15) is 9.59 Å². The number of esters is 1. The predicted octanol–water partition coefficient (Wildman–Crippen LogP) is 2.62. The van der Waals surface area contributed by atoms with Gasteiger partial charge in [0.2, 0.25) is 0 Å². The van der Waals surface area contributed by atoms with Crippen LogP contribution in [0, 0.1) is 0 Å². The van der Waals surface area contributed by atoms with E-state index >= 15 is 0 Å². The molecule has 0 atom stereocenters. The Morgan fingerprint density at radius 3 is 2.70 bits per heavy atom. The summed E-state index contributed by atoms with van der Waals surface area (Å²) in [6.45, 7) is 0.440. The third-order valence-electron chi connectivity index (χ3n) is 2.47. The van der Waals surface area contributed by atoms with Crippen LogP contribution in [0.25, 0.3) is 0 Å². The van der Waals surface area contributed by atoms with Gasteiger partial charge in [-0.05, 0) is 40.2 Å². The quantitative estimate of drug-likeness (QED) is 0.857. The smallest absolute Gasteiger partial charge is 0.339 e. The van der Waals surface area contributed by atoms with E-state index in [-0.39, 0.29) is 11.6 Å². The van der Waals surface area contributed by atoms with Crippen LogP contribution in [-0.2, 0) is 11.3 Å². The predicted molar refractivity (Wildman–Crippen MR) is 78.8 cm³/mol. The van der Waals surface area contributed by atoms with E-state index < -0.39 is 5.97 Å². The van der Waals surface area contributed by atoms with Gasteiger partial charge in [-0.1, -0.05) is 0 Å². The lowest BCUT2D eigenvalue weighted by Gasteiger charge is -2.04. The number of nitrogens with one attached hydrogen (secondary N) is 1. The van der Waals surface area contributed by atoms with Gasteiger partial charge in [-0.2, -0.15) is 0 Å². The van der Waals surface area contributed by atoms with Gasteiger partial charge >= 0.3 is 5.97 Å². The second-order valence-electron chi connectivity index (χ2n) is 3.81. The number of rotatable bonds is 4. The van der Waals surface area contributed by atoms with Gasteiger partial charge in [0.1, 0.15) is 5.69 Å². The number of nitrogens with zero attached hydrogens (tertiary/aromatic N) is 1. The molecular weight excluding hydrogens is 344 g/mol. The largest absolute Gasteiger partial charge is 0.465 e. The van der Waals surface area contributed by atoms with E-state index in [4.69, 9.17) is 0 Å². The minimum atomic E-state index is -0.479. The average molecular weight is 355 g/mol. The molecule has 0 spiro atoms. The minimum Gasteiger partial charge on any atom is -0.465 e. The number of methoxy groups -OCH3 is 1. The number of hydrogen-bond acceptors (Lipinski definition) is 5. The van der Waals surface area contributed by atoms with Crippen molar-refractivity contribution in [1.29, 1.82) is 0 Å². The normalized spacial score (nSPS) is 10.1. The molecular formula is C13H11BrN2O3S. The van der Waals surface area contributed by atoms with Crippen molar-refractivity contribution in [3.8, 4) is 0 Å². The van der Waals surface area contributed by atoms with Crippen LogP contribution in [0.4, 0.5) is 0 Å². The SMILES string of the molecule is COC(=O)c1ccc(C(=O)NCc2ccc(Br)s2)nc1. The molecule has 1 N–H and O–H groups in total. The van der Waals surface area contributed by atoms with Gasteiger partial charge in [-0.15, -0.1) is 11.3 Å². The molecule has 5 nitrogen and oxygen atoms in total. The lowest BCUT2D eigenvalue weighted by molar-refractivity contribution is 0.0599. The Hall–Kier alpha value is -1.73. The van der Waals surface area contributed by atoms with Crippen molar-refractivity contribution in [2.75, 3.05) is 7.11 Å². The second kappa shape index (κ2) is 6.62. The fraction of sp³-hybridized carbons (Fsp3) is 0.154.